The Hall–Kier alpha value is -2.34. The first-order valence-electron chi connectivity index (χ1n) is 10.8. The summed E-state index contributed by atoms with van der Waals surface area (Å²) in [6.07, 6.45) is 2.88. The Labute approximate surface area is 179 Å². The summed E-state index contributed by atoms with van der Waals surface area (Å²) in [6.45, 7) is 12.9. The highest BCUT2D eigenvalue weighted by Gasteiger charge is 2.69. The fourth-order valence-corrected chi connectivity index (χ4v) is 5.85. The van der Waals surface area contributed by atoms with Crippen LogP contribution in [0.2, 0.25) is 0 Å². The van der Waals surface area contributed by atoms with Crippen molar-refractivity contribution in [2.45, 2.75) is 64.2 Å². The normalized spacial score (nSPS) is 30.3. The Bertz CT molecular complexity index is 880. The topological polar surface area (TPSA) is 61.9 Å². The van der Waals surface area contributed by atoms with Gasteiger partial charge in [-0.15, -0.1) is 6.58 Å². The Balaban J connectivity index is 1.91. The minimum Gasteiger partial charge on any atom is -0.364 e. The molecule has 162 valence electrons. The number of allylic oxidation sites excluding steroid dienone is 1. The van der Waals surface area contributed by atoms with Gasteiger partial charge >= 0.3 is 0 Å². The Morgan fingerprint density at radius 2 is 2.03 bits per heavy atom. The summed E-state index contributed by atoms with van der Waals surface area (Å²) in [5.41, 5.74) is 1.43. The van der Waals surface area contributed by atoms with Crippen molar-refractivity contribution in [1.82, 2.24) is 10.2 Å². The number of para-hydroxylation sites is 1. The molecule has 0 unspecified atom stereocenters. The first kappa shape index (κ1) is 20.9. The van der Waals surface area contributed by atoms with Gasteiger partial charge in [0, 0.05) is 18.2 Å². The van der Waals surface area contributed by atoms with Crippen molar-refractivity contribution in [3.63, 3.8) is 0 Å². The number of hydrogen-bond acceptors (Lipinski definition) is 4. The molecule has 2 fully saturated rings. The van der Waals surface area contributed by atoms with Crippen molar-refractivity contribution >= 4 is 17.5 Å². The zero-order valence-corrected chi connectivity index (χ0v) is 18.6. The minimum atomic E-state index is -0.488. The summed E-state index contributed by atoms with van der Waals surface area (Å²) in [6, 6.07) is 7.30. The maximum Gasteiger partial charge on any atom is 0.247 e. The number of nitrogens with one attached hydrogen (secondary N) is 1. The standard InChI is InChI=1S/C24H33N3O3/c1-7-23(4,5)24-13-19-20(28)25-17(12-15(2)3)21(29)27(19)22(24)26(14-30-6)18-11-9-8-10-16(18)24/h7-11,15,17,19,22H,1,12-14H2,2-6H3,(H,25,28)/t17-,19-,22-,24+/m0/s1. The molecule has 2 amide bonds. The third-order valence-electron chi connectivity index (χ3n) is 7.35. The van der Waals surface area contributed by atoms with E-state index in [0.717, 1.165) is 11.3 Å². The van der Waals surface area contributed by atoms with Crippen LogP contribution in [0.1, 0.15) is 46.1 Å². The van der Waals surface area contributed by atoms with Crippen molar-refractivity contribution < 1.29 is 14.3 Å². The average Bonchev–Trinajstić information content (AvgIpc) is 3.20. The largest absolute Gasteiger partial charge is 0.364 e. The number of carbonyl (C=O) groups is 2. The van der Waals surface area contributed by atoms with Crippen LogP contribution in [0.5, 0.6) is 0 Å². The van der Waals surface area contributed by atoms with E-state index in [1.54, 1.807) is 7.11 Å². The predicted octanol–water partition coefficient (Wildman–Crippen LogP) is 3.03. The summed E-state index contributed by atoms with van der Waals surface area (Å²) in [7, 11) is 1.67. The molecule has 0 aromatic heterocycles. The molecule has 1 N–H and O–H groups in total. The fraction of sp³-hybridized carbons (Fsp3) is 0.583. The zero-order chi connectivity index (χ0) is 21.8. The molecule has 1 aromatic carbocycles. The van der Waals surface area contributed by atoms with Crippen LogP contribution in [0.15, 0.2) is 36.9 Å². The van der Waals surface area contributed by atoms with Crippen LogP contribution in [0.3, 0.4) is 0 Å². The Morgan fingerprint density at radius 1 is 1.33 bits per heavy atom. The molecule has 3 aliphatic rings. The molecule has 6 nitrogen and oxygen atoms in total. The molecule has 0 saturated carbocycles. The maximum atomic E-state index is 13.7. The van der Waals surface area contributed by atoms with Gasteiger partial charge in [0.1, 0.15) is 25.0 Å². The lowest BCUT2D eigenvalue weighted by Gasteiger charge is -2.46. The van der Waals surface area contributed by atoms with E-state index in [1.807, 2.05) is 23.1 Å². The number of piperazine rings is 1. The van der Waals surface area contributed by atoms with Gasteiger partial charge < -0.3 is 19.9 Å². The lowest BCUT2D eigenvalue weighted by atomic mass is 9.60. The molecule has 3 aliphatic heterocycles. The number of anilines is 1. The van der Waals surface area contributed by atoms with Gasteiger partial charge in [-0.1, -0.05) is 52.0 Å². The van der Waals surface area contributed by atoms with E-state index in [4.69, 9.17) is 4.74 Å². The Morgan fingerprint density at radius 3 is 2.67 bits per heavy atom. The first-order valence-corrected chi connectivity index (χ1v) is 10.8. The second kappa shape index (κ2) is 7.12. The molecule has 30 heavy (non-hydrogen) atoms. The number of rotatable bonds is 6. The lowest BCUT2D eigenvalue weighted by molar-refractivity contribution is -0.150. The summed E-state index contributed by atoms with van der Waals surface area (Å²) in [5.74, 6) is 0.265. The molecule has 0 aliphatic carbocycles. The monoisotopic (exact) mass is 411 g/mol. The van der Waals surface area contributed by atoms with E-state index < -0.39 is 17.5 Å². The SMILES string of the molecule is C=CC(C)(C)[C@@]12C[C@H]3C(=O)N[C@@H](CC(C)C)C(=O)N3[C@@H]1N(COC)c1ccccc12. The van der Waals surface area contributed by atoms with Gasteiger partial charge in [0.2, 0.25) is 11.8 Å². The van der Waals surface area contributed by atoms with Crippen LogP contribution in [-0.4, -0.2) is 48.8 Å². The third kappa shape index (κ3) is 2.66. The molecule has 0 bridgehead atoms. The average molecular weight is 412 g/mol. The number of fused-ring (bicyclic) bond motifs is 5. The number of amides is 2. The molecule has 4 atom stereocenters. The number of carbonyl (C=O) groups excluding carboxylic acids is 2. The molecule has 0 radical (unpaired) electrons. The van der Waals surface area contributed by atoms with Crippen LogP contribution in [-0.2, 0) is 19.7 Å². The van der Waals surface area contributed by atoms with Crippen molar-refractivity contribution in [1.29, 1.82) is 0 Å². The maximum absolute atomic E-state index is 13.7. The highest BCUT2D eigenvalue weighted by atomic mass is 16.5. The van der Waals surface area contributed by atoms with Gasteiger partial charge in [-0.2, -0.15) is 0 Å². The summed E-state index contributed by atoms with van der Waals surface area (Å²) < 4.78 is 5.58. The number of methoxy groups -OCH3 is 1. The quantitative estimate of drug-likeness (QED) is 0.731. The summed E-state index contributed by atoms with van der Waals surface area (Å²) >= 11 is 0. The van der Waals surface area contributed by atoms with Crippen molar-refractivity contribution in [3.8, 4) is 0 Å². The van der Waals surface area contributed by atoms with Crippen LogP contribution >= 0.6 is 0 Å². The van der Waals surface area contributed by atoms with Crippen LogP contribution in [0.4, 0.5) is 5.69 Å². The highest BCUT2D eigenvalue weighted by molar-refractivity contribution is 5.99. The van der Waals surface area contributed by atoms with Crippen molar-refractivity contribution in [3.05, 3.63) is 42.5 Å². The molecule has 2 saturated heterocycles. The van der Waals surface area contributed by atoms with E-state index in [1.165, 1.54) is 0 Å². The smallest absolute Gasteiger partial charge is 0.247 e. The highest BCUT2D eigenvalue weighted by Crippen LogP contribution is 2.62. The number of ether oxygens (including phenoxy) is 1. The van der Waals surface area contributed by atoms with Gasteiger partial charge in [-0.25, -0.2) is 0 Å². The Kier molecular flexibility index (Phi) is 4.96. The van der Waals surface area contributed by atoms with Crippen molar-refractivity contribution in [2.24, 2.45) is 11.3 Å². The van der Waals surface area contributed by atoms with E-state index in [2.05, 4.69) is 56.6 Å². The number of nitrogens with zero attached hydrogens (tertiary/aromatic N) is 2. The molecule has 1 aromatic rings. The predicted molar refractivity (Wildman–Crippen MR) is 117 cm³/mol. The molecular weight excluding hydrogens is 378 g/mol. The second-order valence-corrected chi connectivity index (χ2v) is 9.83. The van der Waals surface area contributed by atoms with Gasteiger partial charge in [-0.05, 0) is 35.8 Å². The van der Waals surface area contributed by atoms with Gasteiger partial charge in [0.05, 0.1) is 0 Å². The van der Waals surface area contributed by atoms with Crippen LogP contribution in [0, 0.1) is 11.3 Å². The summed E-state index contributed by atoms with van der Waals surface area (Å²) in [4.78, 5) is 30.9. The van der Waals surface area contributed by atoms with E-state index in [-0.39, 0.29) is 23.4 Å². The molecule has 4 rings (SSSR count). The van der Waals surface area contributed by atoms with Crippen molar-refractivity contribution in [2.75, 3.05) is 18.7 Å². The third-order valence-corrected chi connectivity index (χ3v) is 7.35. The number of benzene rings is 1. The van der Waals surface area contributed by atoms with Gasteiger partial charge in [-0.3, -0.25) is 9.59 Å². The van der Waals surface area contributed by atoms with E-state index >= 15 is 0 Å². The minimum absolute atomic E-state index is 0.00828. The molecule has 3 heterocycles. The van der Waals surface area contributed by atoms with Gasteiger partial charge in [0.25, 0.3) is 0 Å². The van der Waals surface area contributed by atoms with E-state index in [0.29, 0.717) is 25.5 Å². The fourth-order valence-electron chi connectivity index (χ4n) is 5.85. The van der Waals surface area contributed by atoms with Gasteiger partial charge in [0.15, 0.2) is 0 Å². The second-order valence-electron chi connectivity index (χ2n) is 9.83. The lowest BCUT2D eigenvalue weighted by Crippen LogP contribution is -2.66. The molecule has 6 heteroatoms. The number of hydrogen-bond donors (Lipinski definition) is 1. The molecule has 0 spiro atoms. The molecular formula is C24H33N3O3. The van der Waals surface area contributed by atoms with Crippen LogP contribution in [0.25, 0.3) is 0 Å². The first-order chi connectivity index (χ1) is 14.2. The van der Waals surface area contributed by atoms with Crippen LogP contribution < -0.4 is 10.2 Å². The van der Waals surface area contributed by atoms with E-state index in [9.17, 15) is 9.59 Å². The summed E-state index contributed by atoms with van der Waals surface area (Å²) in [5, 5.41) is 3.01. The zero-order valence-electron chi connectivity index (χ0n) is 18.6.